The van der Waals surface area contributed by atoms with Crippen LogP contribution >= 0.6 is 0 Å². The van der Waals surface area contributed by atoms with Gasteiger partial charge in [0.2, 0.25) is 0 Å². The number of para-hydroxylation sites is 2. The molecular formula is C18H19N3O2S. The molecule has 0 aliphatic carbocycles. The quantitative estimate of drug-likeness (QED) is 0.772. The highest BCUT2D eigenvalue weighted by Gasteiger charge is 2.06. The van der Waals surface area contributed by atoms with Crippen molar-refractivity contribution in [2.45, 2.75) is 19.2 Å². The maximum atomic E-state index is 11.3. The van der Waals surface area contributed by atoms with Gasteiger partial charge in [0.15, 0.2) is 9.84 Å². The van der Waals surface area contributed by atoms with Crippen LogP contribution in [0.2, 0.25) is 0 Å². The van der Waals surface area contributed by atoms with Crippen molar-refractivity contribution < 1.29 is 8.42 Å². The number of rotatable bonds is 5. The van der Waals surface area contributed by atoms with Crippen molar-refractivity contribution in [3.05, 3.63) is 65.4 Å². The summed E-state index contributed by atoms with van der Waals surface area (Å²) in [5.74, 6) is 0.824. The average Bonchev–Trinajstić information content (AvgIpc) is 2.53. The monoisotopic (exact) mass is 341 g/mol. The number of nitrogens with zero attached hydrogens (tertiary/aromatic N) is 2. The normalized spacial score (nSPS) is 11.6. The number of nitrogens with one attached hydrogen (secondary N) is 1. The minimum Gasteiger partial charge on any atom is -0.364 e. The number of aromatic nitrogens is 2. The Labute approximate surface area is 141 Å². The van der Waals surface area contributed by atoms with Gasteiger partial charge in [-0.25, -0.2) is 18.4 Å². The number of hydrogen-bond donors (Lipinski definition) is 1. The molecule has 0 unspecified atom stereocenters. The minimum absolute atomic E-state index is 0.0654. The molecule has 1 heterocycles. The molecule has 5 nitrogen and oxygen atoms in total. The van der Waals surface area contributed by atoms with Gasteiger partial charge in [0.25, 0.3) is 0 Å². The molecule has 0 aliphatic rings. The fourth-order valence-electron chi connectivity index (χ4n) is 2.50. The predicted octanol–water partition coefficient (Wildman–Crippen LogP) is 3.09. The zero-order valence-electron chi connectivity index (χ0n) is 13.7. The molecule has 0 atom stereocenters. The number of hydrogen-bond acceptors (Lipinski definition) is 5. The number of benzene rings is 2. The number of sulfone groups is 1. The van der Waals surface area contributed by atoms with Gasteiger partial charge >= 0.3 is 0 Å². The summed E-state index contributed by atoms with van der Waals surface area (Å²) in [6.45, 7) is 2.53. The predicted molar refractivity (Wildman–Crippen MR) is 96.6 cm³/mol. The largest absolute Gasteiger partial charge is 0.364 e. The standard InChI is InChI=1S/C18H19N3O2S/c1-13-18(21-17-6-4-3-5-16(17)20-13)19-11-14-7-9-15(10-8-14)12-24(2,22)23/h3-10H,11-12H2,1-2H3,(H,19,21). The van der Waals surface area contributed by atoms with Crippen molar-refractivity contribution >= 4 is 26.7 Å². The van der Waals surface area contributed by atoms with Crippen LogP contribution in [0.15, 0.2) is 48.5 Å². The van der Waals surface area contributed by atoms with Crippen molar-refractivity contribution in [1.82, 2.24) is 9.97 Å². The highest BCUT2D eigenvalue weighted by molar-refractivity contribution is 7.89. The van der Waals surface area contributed by atoms with Gasteiger partial charge in [-0.05, 0) is 30.2 Å². The number of anilines is 1. The smallest absolute Gasteiger partial charge is 0.151 e. The molecular weight excluding hydrogens is 322 g/mol. The lowest BCUT2D eigenvalue weighted by Crippen LogP contribution is -2.05. The van der Waals surface area contributed by atoms with Crippen molar-refractivity contribution in [3.63, 3.8) is 0 Å². The van der Waals surface area contributed by atoms with Crippen molar-refractivity contribution in [1.29, 1.82) is 0 Å². The van der Waals surface area contributed by atoms with Crippen LogP contribution in [-0.2, 0) is 22.1 Å². The van der Waals surface area contributed by atoms with Gasteiger partial charge in [-0.15, -0.1) is 0 Å². The molecule has 24 heavy (non-hydrogen) atoms. The summed E-state index contributed by atoms with van der Waals surface area (Å²) in [5, 5.41) is 3.30. The van der Waals surface area contributed by atoms with E-state index in [2.05, 4.69) is 15.3 Å². The van der Waals surface area contributed by atoms with E-state index in [0.717, 1.165) is 33.7 Å². The molecule has 1 aromatic heterocycles. The Bertz CT molecular complexity index is 967. The van der Waals surface area contributed by atoms with Crippen molar-refractivity contribution in [3.8, 4) is 0 Å². The van der Waals surface area contributed by atoms with Gasteiger partial charge in [0, 0.05) is 12.8 Å². The SMILES string of the molecule is Cc1nc2ccccc2nc1NCc1ccc(CS(C)(=O)=O)cc1. The van der Waals surface area contributed by atoms with E-state index in [-0.39, 0.29) is 5.75 Å². The molecule has 6 heteroatoms. The Morgan fingerprint density at radius 2 is 1.50 bits per heavy atom. The van der Waals surface area contributed by atoms with E-state index in [9.17, 15) is 8.42 Å². The Morgan fingerprint density at radius 3 is 2.12 bits per heavy atom. The van der Waals surface area contributed by atoms with E-state index in [0.29, 0.717) is 6.54 Å². The third-order valence-electron chi connectivity index (χ3n) is 3.66. The van der Waals surface area contributed by atoms with E-state index in [1.165, 1.54) is 6.26 Å². The average molecular weight is 341 g/mol. The molecule has 3 aromatic rings. The zero-order chi connectivity index (χ0) is 17.2. The van der Waals surface area contributed by atoms with Crippen molar-refractivity contribution in [2.24, 2.45) is 0 Å². The van der Waals surface area contributed by atoms with Crippen LogP contribution in [0.3, 0.4) is 0 Å². The first-order chi connectivity index (χ1) is 11.4. The third-order valence-corrected chi connectivity index (χ3v) is 4.51. The molecule has 124 valence electrons. The molecule has 0 saturated heterocycles. The lowest BCUT2D eigenvalue weighted by molar-refractivity contribution is 0.601. The molecule has 1 N–H and O–H groups in total. The topological polar surface area (TPSA) is 72.0 Å². The first-order valence-electron chi connectivity index (χ1n) is 7.63. The second kappa shape index (κ2) is 6.57. The third kappa shape index (κ3) is 4.08. The van der Waals surface area contributed by atoms with Gasteiger partial charge in [-0.2, -0.15) is 0 Å². The summed E-state index contributed by atoms with van der Waals surface area (Å²) >= 11 is 0. The maximum Gasteiger partial charge on any atom is 0.151 e. The van der Waals surface area contributed by atoms with Crippen LogP contribution in [0, 0.1) is 6.92 Å². The van der Waals surface area contributed by atoms with Crippen LogP contribution < -0.4 is 5.32 Å². The Kier molecular flexibility index (Phi) is 4.49. The number of aryl methyl sites for hydroxylation is 1. The highest BCUT2D eigenvalue weighted by atomic mass is 32.2. The Hall–Kier alpha value is -2.47. The fraction of sp³-hybridized carbons (Fsp3) is 0.222. The minimum atomic E-state index is -3.01. The molecule has 3 rings (SSSR count). The van der Waals surface area contributed by atoms with Crippen molar-refractivity contribution in [2.75, 3.05) is 11.6 Å². The lowest BCUT2D eigenvalue weighted by Gasteiger charge is -2.10. The van der Waals surface area contributed by atoms with Crippen LogP contribution in [0.25, 0.3) is 11.0 Å². The van der Waals surface area contributed by atoms with E-state index < -0.39 is 9.84 Å². The van der Waals surface area contributed by atoms with Crippen LogP contribution in [0.4, 0.5) is 5.82 Å². The molecule has 0 saturated carbocycles. The molecule has 0 spiro atoms. The summed E-state index contributed by atoms with van der Waals surface area (Å²) in [6, 6.07) is 15.3. The molecule has 0 fully saturated rings. The zero-order valence-corrected chi connectivity index (χ0v) is 14.5. The first kappa shape index (κ1) is 16.4. The van der Waals surface area contributed by atoms with E-state index in [4.69, 9.17) is 0 Å². The summed E-state index contributed by atoms with van der Waals surface area (Å²) in [7, 11) is -3.01. The van der Waals surface area contributed by atoms with Crippen LogP contribution in [0.1, 0.15) is 16.8 Å². The first-order valence-corrected chi connectivity index (χ1v) is 9.69. The second-order valence-electron chi connectivity index (χ2n) is 5.89. The van der Waals surface area contributed by atoms with E-state index in [1.807, 2.05) is 55.5 Å². The maximum absolute atomic E-state index is 11.3. The molecule has 0 amide bonds. The van der Waals surface area contributed by atoms with Crippen LogP contribution in [0.5, 0.6) is 0 Å². The lowest BCUT2D eigenvalue weighted by atomic mass is 10.1. The Morgan fingerprint density at radius 1 is 0.917 bits per heavy atom. The molecule has 0 radical (unpaired) electrons. The molecule has 2 aromatic carbocycles. The van der Waals surface area contributed by atoms with Gasteiger partial charge in [-0.1, -0.05) is 36.4 Å². The van der Waals surface area contributed by atoms with E-state index >= 15 is 0 Å². The van der Waals surface area contributed by atoms with Gasteiger partial charge in [0.1, 0.15) is 5.82 Å². The second-order valence-corrected chi connectivity index (χ2v) is 8.03. The molecule has 0 aliphatic heterocycles. The summed E-state index contributed by atoms with van der Waals surface area (Å²) in [4.78, 5) is 9.15. The summed E-state index contributed by atoms with van der Waals surface area (Å²) in [5.41, 5.74) is 4.44. The fourth-order valence-corrected chi connectivity index (χ4v) is 3.30. The highest BCUT2D eigenvalue weighted by Crippen LogP contribution is 2.17. The van der Waals surface area contributed by atoms with Gasteiger partial charge in [0.05, 0.1) is 22.5 Å². The summed E-state index contributed by atoms with van der Waals surface area (Å²) < 4.78 is 22.6. The molecule has 0 bridgehead atoms. The van der Waals surface area contributed by atoms with E-state index in [1.54, 1.807) is 0 Å². The Balaban J connectivity index is 1.72. The number of fused-ring (bicyclic) bond motifs is 1. The summed E-state index contributed by atoms with van der Waals surface area (Å²) in [6.07, 6.45) is 1.24. The van der Waals surface area contributed by atoms with Crippen LogP contribution in [-0.4, -0.2) is 24.6 Å². The van der Waals surface area contributed by atoms with Gasteiger partial charge in [-0.3, -0.25) is 0 Å². The van der Waals surface area contributed by atoms with Gasteiger partial charge < -0.3 is 5.32 Å².